The monoisotopic (exact) mass is 221 g/mol. The zero-order valence-electron chi connectivity index (χ0n) is 8.93. The van der Waals surface area contributed by atoms with Crippen LogP contribution in [0.4, 0.5) is 0 Å². The predicted molar refractivity (Wildman–Crippen MR) is 60.0 cm³/mol. The van der Waals surface area contributed by atoms with E-state index in [1.54, 1.807) is 0 Å². The van der Waals surface area contributed by atoms with Crippen molar-refractivity contribution in [3.8, 4) is 0 Å². The molecular formula is C12H15NO3. The van der Waals surface area contributed by atoms with E-state index < -0.39 is 12.0 Å². The number of benzene rings is 1. The zero-order chi connectivity index (χ0) is 11.8. The van der Waals surface area contributed by atoms with E-state index in [2.05, 4.69) is 5.32 Å². The van der Waals surface area contributed by atoms with Crippen molar-refractivity contribution in [1.82, 2.24) is 5.32 Å². The first-order valence-corrected chi connectivity index (χ1v) is 5.18. The summed E-state index contributed by atoms with van der Waals surface area (Å²) in [7, 11) is 0. The van der Waals surface area contributed by atoms with Gasteiger partial charge in [-0.3, -0.25) is 4.79 Å². The van der Waals surface area contributed by atoms with Crippen molar-refractivity contribution >= 4 is 12.3 Å². The van der Waals surface area contributed by atoms with Crippen molar-refractivity contribution in [3.05, 3.63) is 35.9 Å². The molecule has 0 fully saturated rings. The van der Waals surface area contributed by atoms with E-state index in [0.717, 1.165) is 11.8 Å². The second kappa shape index (κ2) is 6.74. The van der Waals surface area contributed by atoms with Crippen LogP contribution in [0.3, 0.4) is 0 Å². The highest BCUT2D eigenvalue weighted by molar-refractivity contribution is 5.73. The Kier molecular flexibility index (Phi) is 5.22. The number of carboxylic acids is 1. The molecule has 1 aromatic rings. The highest BCUT2D eigenvalue weighted by atomic mass is 16.4. The SMILES string of the molecule is O=CCCC(NCc1ccccc1)C(=O)O. The summed E-state index contributed by atoms with van der Waals surface area (Å²) in [5, 5.41) is 11.8. The van der Waals surface area contributed by atoms with Crippen LogP contribution in [0.25, 0.3) is 0 Å². The van der Waals surface area contributed by atoms with Gasteiger partial charge in [0.1, 0.15) is 12.3 Å². The van der Waals surface area contributed by atoms with E-state index in [4.69, 9.17) is 5.11 Å². The molecule has 0 aliphatic rings. The number of carbonyl (C=O) groups excluding carboxylic acids is 1. The molecule has 0 aliphatic carbocycles. The van der Waals surface area contributed by atoms with Crippen LogP contribution in [0.2, 0.25) is 0 Å². The van der Waals surface area contributed by atoms with Crippen LogP contribution in [-0.2, 0) is 16.1 Å². The maximum absolute atomic E-state index is 10.8. The maximum Gasteiger partial charge on any atom is 0.320 e. The third kappa shape index (κ3) is 4.23. The summed E-state index contributed by atoms with van der Waals surface area (Å²) in [6.45, 7) is 0.497. The van der Waals surface area contributed by atoms with Crippen molar-refractivity contribution in [2.75, 3.05) is 0 Å². The second-order valence-corrected chi connectivity index (χ2v) is 3.50. The Morgan fingerprint density at radius 1 is 1.38 bits per heavy atom. The van der Waals surface area contributed by atoms with Crippen LogP contribution in [0.1, 0.15) is 18.4 Å². The lowest BCUT2D eigenvalue weighted by Crippen LogP contribution is -2.36. The van der Waals surface area contributed by atoms with Crippen molar-refractivity contribution in [2.45, 2.75) is 25.4 Å². The molecule has 0 aliphatic heterocycles. The molecule has 1 atom stereocenters. The van der Waals surface area contributed by atoms with Crippen LogP contribution in [-0.4, -0.2) is 23.4 Å². The van der Waals surface area contributed by atoms with Gasteiger partial charge in [0.15, 0.2) is 0 Å². The first-order valence-electron chi connectivity index (χ1n) is 5.18. The van der Waals surface area contributed by atoms with Crippen LogP contribution in [0.15, 0.2) is 30.3 Å². The third-order valence-electron chi connectivity index (χ3n) is 2.27. The fourth-order valence-corrected chi connectivity index (χ4v) is 1.38. The summed E-state index contributed by atoms with van der Waals surface area (Å²) in [5.74, 6) is -0.919. The molecular weight excluding hydrogens is 206 g/mol. The maximum atomic E-state index is 10.8. The van der Waals surface area contributed by atoms with Crippen LogP contribution in [0, 0.1) is 0 Å². The predicted octanol–water partition coefficient (Wildman–Crippen LogP) is 1.21. The average Bonchev–Trinajstić information content (AvgIpc) is 2.30. The van der Waals surface area contributed by atoms with E-state index in [1.807, 2.05) is 30.3 Å². The van der Waals surface area contributed by atoms with Crippen molar-refractivity contribution in [2.24, 2.45) is 0 Å². The number of rotatable bonds is 7. The van der Waals surface area contributed by atoms with Crippen molar-refractivity contribution in [1.29, 1.82) is 0 Å². The minimum absolute atomic E-state index is 0.263. The third-order valence-corrected chi connectivity index (χ3v) is 2.27. The second-order valence-electron chi connectivity index (χ2n) is 3.50. The minimum atomic E-state index is -0.919. The molecule has 0 heterocycles. The smallest absolute Gasteiger partial charge is 0.320 e. The summed E-state index contributed by atoms with van der Waals surface area (Å²) < 4.78 is 0. The van der Waals surface area contributed by atoms with Gasteiger partial charge in [-0.1, -0.05) is 30.3 Å². The molecule has 1 rings (SSSR count). The molecule has 0 bridgehead atoms. The molecule has 0 saturated heterocycles. The summed E-state index contributed by atoms with van der Waals surface area (Å²) in [6, 6.07) is 8.89. The van der Waals surface area contributed by atoms with E-state index in [9.17, 15) is 9.59 Å². The molecule has 0 amide bonds. The quantitative estimate of drug-likeness (QED) is 0.679. The fourth-order valence-electron chi connectivity index (χ4n) is 1.38. The Balaban J connectivity index is 2.43. The van der Waals surface area contributed by atoms with Gasteiger partial charge in [0, 0.05) is 13.0 Å². The molecule has 86 valence electrons. The lowest BCUT2D eigenvalue weighted by molar-refractivity contribution is -0.139. The molecule has 4 nitrogen and oxygen atoms in total. The van der Waals surface area contributed by atoms with Crippen molar-refractivity contribution in [3.63, 3.8) is 0 Å². The van der Waals surface area contributed by atoms with Gasteiger partial charge in [0.05, 0.1) is 0 Å². The summed E-state index contributed by atoms with van der Waals surface area (Å²) in [5.41, 5.74) is 1.03. The lowest BCUT2D eigenvalue weighted by atomic mass is 10.1. The Morgan fingerprint density at radius 3 is 2.62 bits per heavy atom. The number of nitrogens with one attached hydrogen (secondary N) is 1. The standard InChI is InChI=1S/C12H15NO3/c14-8-4-7-11(12(15)16)13-9-10-5-2-1-3-6-10/h1-3,5-6,8,11,13H,4,7,9H2,(H,15,16). The first-order chi connectivity index (χ1) is 7.74. The van der Waals surface area contributed by atoms with E-state index in [0.29, 0.717) is 13.0 Å². The molecule has 0 saturated carbocycles. The van der Waals surface area contributed by atoms with E-state index in [1.165, 1.54) is 0 Å². The molecule has 1 aromatic carbocycles. The van der Waals surface area contributed by atoms with Crippen LogP contribution in [0.5, 0.6) is 0 Å². The highest BCUT2D eigenvalue weighted by Gasteiger charge is 2.15. The minimum Gasteiger partial charge on any atom is -0.480 e. The first kappa shape index (κ1) is 12.4. The van der Waals surface area contributed by atoms with Gasteiger partial charge in [0.25, 0.3) is 0 Å². The van der Waals surface area contributed by atoms with Gasteiger partial charge in [-0.25, -0.2) is 0 Å². The molecule has 16 heavy (non-hydrogen) atoms. The number of aldehydes is 1. The van der Waals surface area contributed by atoms with Crippen LogP contribution < -0.4 is 5.32 Å². The molecule has 0 spiro atoms. The van der Waals surface area contributed by atoms with Gasteiger partial charge in [-0.05, 0) is 12.0 Å². The lowest BCUT2D eigenvalue weighted by Gasteiger charge is -2.12. The number of aliphatic carboxylic acids is 1. The van der Waals surface area contributed by atoms with Gasteiger partial charge < -0.3 is 15.2 Å². The molecule has 1 unspecified atom stereocenters. The number of carbonyl (C=O) groups is 2. The molecule has 4 heteroatoms. The van der Waals surface area contributed by atoms with E-state index >= 15 is 0 Å². The average molecular weight is 221 g/mol. The zero-order valence-corrected chi connectivity index (χ0v) is 8.93. The number of hydrogen-bond donors (Lipinski definition) is 2. The van der Waals surface area contributed by atoms with Gasteiger partial charge in [0.2, 0.25) is 0 Å². The number of hydrogen-bond acceptors (Lipinski definition) is 3. The summed E-state index contributed by atoms with van der Waals surface area (Å²) >= 11 is 0. The van der Waals surface area contributed by atoms with Crippen LogP contribution >= 0.6 is 0 Å². The molecule has 2 N–H and O–H groups in total. The molecule has 0 aromatic heterocycles. The van der Waals surface area contributed by atoms with Gasteiger partial charge >= 0.3 is 5.97 Å². The normalized spacial score (nSPS) is 12.0. The summed E-state index contributed by atoms with van der Waals surface area (Å²) in [4.78, 5) is 21.0. The van der Waals surface area contributed by atoms with Gasteiger partial charge in [-0.2, -0.15) is 0 Å². The Bertz CT molecular complexity index is 337. The fraction of sp³-hybridized carbons (Fsp3) is 0.333. The topological polar surface area (TPSA) is 66.4 Å². The Morgan fingerprint density at radius 2 is 2.06 bits per heavy atom. The summed E-state index contributed by atoms with van der Waals surface area (Å²) in [6.07, 6.45) is 1.32. The largest absolute Gasteiger partial charge is 0.480 e. The number of carboxylic acid groups (broad SMARTS) is 1. The Labute approximate surface area is 94.3 Å². The molecule has 0 radical (unpaired) electrons. The van der Waals surface area contributed by atoms with E-state index in [-0.39, 0.29) is 6.42 Å². The highest BCUT2D eigenvalue weighted by Crippen LogP contribution is 2.01. The van der Waals surface area contributed by atoms with Gasteiger partial charge in [-0.15, -0.1) is 0 Å². The van der Waals surface area contributed by atoms with Crippen molar-refractivity contribution < 1.29 is 14.7 Å². The Hall–Kier alpha value is -1.68.